The van der Waals surface area contributed by atoms with Crippen molar-refractivity contribution < 1.29 is 17.9 Å². The third-order valence-corrected chi connectivity index (χ3v) is 2.74. The molecule has 0 unspecified atom stereocenters. The largest absolute Gasteiger partial charge is 0.489 e. The molecule has 2 rings (SSSR count). The van der Waals surface area contributed by atoms with Crippen molar-refractivity contribution in [3.63, 3.8) is 0 Å². The first kappa shape index (κ1) is 14.5. The number of ether oxygens (including phenoxy) is 1. The van der Waals surface area contributed by atoms with Crippen LogP contribution in [0.1, 0.15) is 0 Å². The van der Waals surface area contributed by atoms with Gasteiger partial charge in [-0.1, -0.05) is 24.3 Å². The summed E-state index contributed by atoms with van der Waals surface area (Å²) in [6, 6.07) is 6.40. The average molecular weight is 298 g/mol. The highest BCUT2D eigenvalue weighted by molar-refractivity contribution is 6.30. The fourth-order valence-corrected chi connectivity index (χ4v) is 1.85. The van der Waals surface area contributed by atoms with Crippen LogP contribution < -0.4 is 4.74 Å². The zero-order valence-corrected chi connectivity index (χ0v) is 11.0. The van der Waals surface area contributed by atoms with Gasteiger partial charge in [0, 0.05) is 28.8 Å². The Morgan fingerprint density at radius 1 is 1.15 bits per heavy atom. The molecule has 0 atom stereocenters. The summed E-state index contributed by atoms with van der Waals surface area (Å²) in [5, 5.41) is 0.0622. The first-order valence-electron chi connectivity index (χ1n) is 5.62. The van der Waals surface area contributed by atoms with E-state index in [0.29, 0.717) is 0 Å². The van der Waals surface area contributed by atoms with Crippen molar-refractivity contribution in [3.8, 4) is 16.9 Å². The lowest BCUT2D eigenvalue weighted by molar-refractivity contribution is 0.358. The lowest BCUT2D eigenvalue weighted by Gasteiger charge is -2.10. The Labute approximate surface area is 119 Å². The molecule has 0 amide bonds. The van der Waals surface area contributed by atoms with Crippen LogP contribution in [0.4, 0.5) is 13.2 Å². The van der Waals surface area contributed by atoms with Gasteiger partial charge in [-0.05, 0) is 12.1 Å². The van der Waals surface area contributed by atoms with E-state index in [2.05, 4.69) is 12.6 Å². The lowest BCUT2D eigenvalue weighted by atomic mass is 10.0. The zero-order chi connectivity index (χ0) is 14.7. The van der Waals surface area contributed by atoms with Crippen LogP contribution in [0, 0.1) is 23.5 Å². The van der Waals surface area contributed by atoms with Crippen LogP contribution in [-0.2, 0) is 0 Å². The molecule has 0 aliphatic rings. The quantitative estimate of drug-likeness (QED) is 0.737. The van der Waals surface area contributed by atoms with E-state index in [-0.39, 0.29) is 22.9 Å². The highest BCUT2D eigenvalue weighted by Gasteiger charge is 2.17. The number of benzene rings is 2. The number of halogens is 4. The maximum absolute atomic E-state index is 14.0. The molecule has 5 heteroatoms. The summed E-state index contributed by atoms with van der Waals surface area (Å²) in [6.45, 7) is 3.54. The fourth-order valence-electron chi connectivity index (χ4n) is 1.68. The van der Waals surface area contributed by atoms with Crippen LogP contribution in [0.5, 0.6) is 5.75 Å². The Kier molecular flexibility index (Phi) is 4.35. The molecule has 1 radical (unpaired) electrons. The summed E-state index contributed by atoms with van der Waals surface area (Å²) in [6.07, 6.45) is 1.44. The van der Waals surface area contributed by atoms with Crippen LogP contribution in [0.2, 0.25) is 5.02 Å². The van der Waals surface area contributed by atoms with Gasteiger partial charge in [0.05, 0.1) is 5.56 Å². The van der Waals surface area contributed by atoms with E-state index >= 15 is 0 Å². The number of hydrogen-bond acceptors (Lipinski definition) is 1. The summed E-state index contributed by atoms with van der Waals surface area (Å²) < 4.78 is 46.6. The number of hydrogen-bond donors (Lipinski definition) is 0. The van der Waals surface area contributed by atoms with E-state index in [0.717, 1.165) is 24.3 Å². The summed E-state index contributed by atoms with van der Waals surface area (Å²) in [5.74, 6) is -2.69. The smallest absolute Gasteiger partial charge is 0.137 e. The summed E-state index contributed by atoms with van der Waals surface area (Å²) >= 11 is 5.67. The van der Waals surface area contributed by atoms with Crippen molar-refractivity contribution >= 4 is 11.6 Å². The predicted molar refractivity (Wildman–Crippen MR) is 71.3 cm³/mol. The fraction of sp³-hybridized carbons (Fsp3) is 0.0667. The Hall–Kier alpha value is -1.94. The van der Waals surface area contributed by atoms with Gasteiger partial charge >= 0.3 is 0 Å². The van der Waals surface area contributed by atoms with E-state index in [1.807, 2.05) is 0 Å². The van der Waals surface area contributed by atoms with Gasteiger partial charge in [-0.25, -0.2) is 13.2 Å². The molecule has 20 heavy (non-hydrogen) atoms. The van der Waals surface area contributed by atoms with E-state index in [9.17, 15) is 13.2 Å². The van der Waals surface area contributed by atoms with Crippen LogP contribution in [0.3, 0.4) is 0 Å². The molecule has 0 aliphatic carbocycles. The maximum Gasteiger partial charge on any atom is 0.137 e. The van der Waals surface area contributed by atoms with Gasteiger partial charge in [0.2, 0.25) is 0 Å². The van der Waals surface area contributed by atoms with Gasteiger partial charge in [-0.3, -0.25) is 0 Å². The predicted octanol–water partition coefficient (Wildman–Crippen LogP) is 4.79. The van der Waals surface area contributed by atoms with E-state index in [1.165, 1.54) is 6.08 Å². The second-order valence-electron chi connectivity index (χ2n) is 3.90. The van der Waals surface area contributed by atoms with Crippen LogP contribution in [0.25, 0.3) is 11.1 Å². The molecule has 0 N–H and O–H groups in total. The molecule has 2 aromatic carbocycles. The first-order chi connectivity index (χ1) is 9.52. The minimum absolute atomic E-state index is 0.00218. The molecule has 0 bridgehead atoms. The van der Waals surface area contributed by atoms with Gasteiger partial charge in [-0.2, -0.15) is 0 Å². The van der Waals surface area contributed by atoms with Crippen LogP contribution >= 0.6 is 11.6 Å². The number of rotatable bonds is 4. The first-order valence-corrected chi connectivity index (χ1v) is 6.00. The SMILES string of the molecule is C=CCOc1cc(F)c(-c2cc(Cl)[c]cc2F)c(F)c1. The third-order valence-electron chi connectivity index (χ3n) is 2.52. The molecule has 0 aliphatic heterocycles. The van der Waals surface area contributed by atoms with Gasteiger partial charge in [0.15, 0.2) is 0 Å². The second kappa shape index (κ2) is 6.01. The standard InChI is InChI=1S/C15H9ClF3O/c1-2-5-20-10-7-13(18)15(14(19)8-10)11-6-9(16)3-4-12(11)17/h2,4,6-8H,1,5H2. The molecule has 0 saturated heterocycles. The minimum Gasteiger partial charge on any atom is -0.489 e. The highest BCUT2D eigenvalue weighted by Crippen LogP contribution is 2.32. The van der Waals surface area contributed by atoms with Crippen molar-refractivity contribution in [3.05, 3.63) is 65.5 Å². The Balaban J connectivity index is 2.52. The Morgan fingerprint density at radius 3 is 2.40 bits per heavy atom. The zero-order valence-electron chi connectivity index (χ0n) is 10.2. The molecule has 0 heterocycles. The molecular formula is C15H9ClF3O. The Morgan fingerprint density at radius 2 is 1.80 bits per heavy atom. The molecule has 103 valence electrons. The highest BCUT2D eigenvalue weighted by atomic mass is 35.5. The summed E-state index contributed by atoms with van der Waals surface area (Å²) in [5.41, 5.74) is -0.761. The van der Waals surface area contributed by atoms with E-state index in [1.54, 1.807) is 0 Å². The second-order valence-corrected chi connectivity index (χ2v) is 4.31. The van der Waals surface area contributed by atoms with Crippen molar-refractivity contribution in [2.75, 3.05) is 6.61 Å². The normalized spacial score (nSPS) is 10.4. The van der Waals surface area contributed by atoms with Crippen molar-refractivity contribution in [1.82, 2.24) is 0 Å². The summed E-state index contributed by atoms with van der Waals surface area (Å²) in [4.78, 5) is 0. The molecule has 0 spiro atoms. The Bertz CT molecular complexity index is 633. The topological polar surface area (TPSA) is 9.23 Å². The van der Waals surface area contributed by atoms with Crippen LogP contribution in [-0.4, -0.2) is 6.61 Å². The molecular weight excluding hydrogens is 289 g/mol. The van der Waals surface area contributed by atoms with Crippen molar-refractivity contribution in [1.29, 1.82) is 0 Å². The molecule has 0 saturated carbocycles. The van der Waals surface area contributed by atoms with Gasteiger partial charge in [0.1, 0.15) is 29.8 Å². The van der Waals surface area contributed by atoms with Gasteiger partial charge in [-0.15, -0.1) is 0 Å². The molecule has 0 aromatic heterocycles. The van der Waals surface area contributed by atoms with Gasteiger partial charge in [0.25, 0.3) is 0 Å². The van der Waals surface area contributed by atoms with Crippen molar-refractivity contribution in [2.45, 2.75) is 0 Å². The van der Waals surface area contributed by atoms with E-state index in [4.69, 9.17) is 16.3 Å². The van der Waals surface area contributed by atoms with Crippen LogP contribution in [0.15, 0.2) is 36.9 Å². The molecule has 2 aromatic rings. The van der Waals surface area contributed by atoms with E-state index < -0.39 is 23.0 Å². The summed E-state index contributed by atoms with van der Waals surface area (Å²) in [7, 11) is 0. The minimum atomic E-state index is -0.940. The third kappa shape index (κ3) is 2.96. The van der Waals surface area contributed by atoms with Gasteiger partial charge < -0.3 is 4.74 Å². The maximum atomic E-state index is 14.0. The molecule has 1 nitrogen and oxygen atoms in total. The molecule has 0 fully saturated rings. The lowest BCUT2D eigenvalue weighted by Crippen LogP contribution is -1.98. The average Bonchev–Trinajstić information content (AvgIpc) is 2.39. The van der Waals surface area contributed by atoms with Crippen molar-refractivity contribution in [2.24, 2.45) is 0 Å². The monoisotopic (exact) mass is 297 g/mol.